The van der Waals surface area contributed by atoms with E-state index in [4.69, 9.17) is 10.6 Å². The number of nitrogens with zero attached hydrogens (tertiary/aromatic N) is 4. The average Bonchev–Trinajstić information content (AvgIpc) is 3.40. The molecule has 2 atom stereocenters. The summed E-state index contributed by atoms with van der Waals surface area (Å²) in [5.74, 6) is -2.37. The summed E-state index contributed by atoms with van der Waals surface area (Å²) in [7, 11) is 1.28. The number of thiazole rings is 2. The molecule has 0 saturated carbocycles. The quantitative estimate of drug-likeness (QED) is 0.299. The highest BCUT2D eigenvalue weighted by Crippen LogP contribution is 2.37. The molecule has 4 N–H and O–H groups in total. The molecule has 0 aromatic carbocycles. The van der Waals surface area contributed by atoms with Gasteiger partial charge in [0.25, 0.3) is 11.8 Å². The zero-order valence-corrected chi connectivity index (χ0v) is 19.3. The lowest BCUT2D eigenvalue weighted by Gasteiger charge is -2.50. The van der Waals surface area contributed by atoms with Crippen molar-refractivity contribution < 1.29 is 24.3 Å². The Labute approximate surface area is 196 Å². The summed E-state index contributed by atoms with van der Waals surface area (Å²) >= 11 is 2.63. The van der Waals surface area contributed by atoms with Crippen molar-refractivity contribution in [3.63, 3.8) is 0 Å². The Morgan fingerprint density at radius 2 is 2.18 bits per heavy atom. The molecule has 4 rings (SSSR count). The molecular weight excluding hydrogens is 468 g/mol. The number of carboxylic acid groups (broad SMARTS) is 1. The van der Waals surface area contributed by atoms with E-state index < -0.39 is 29.9 Å². The first kappa shape index (κ1) is 22.6. The number of amides is 2. The molecule has 0 bridgehead atoms. The van der Waals surface area contributed by atoms with Crippen molar-refractivity contribution in [3.05, 3.63) is 44.5 Å². The number of oxime groups is 1. The smallest absolute Gasteiger partial charge is 0.352 e. The van der Waals surface area contributed by atoms with Gasteiger partial charge in [0.05, 0.1) is 17.2 Å². The molecule has 1 unspecified atom stereocenters. The van der Waals surface area contributed by atoms with Gasteiger partial charge in [-0.3, -0.25) is 14.5 Å². The molecule has 2 aliphatic rings. The first-order valence-electron chi connectivity index (χ1n) is 9.83. The number of carboxylic acids is 1. The van der Waals surface area contributed by atoms with Crippen molar-refractivity contribution >= 4 is 57.4 Å². The highest BCUT2D eigenvalue weighted by molar-refractivity contribution is 7.13. The van der Waals surface area contributed by atoms with Crippen LogP contribution in [0.3, 0.4) is 0 Å². The third-order valence-corrected chi connectivity index (χ3v) is 6.80. The van der Waals surface area contributed by atoms with E-state index in [-0.39, 0.29) is 22.2 Å². The van der Waals surface area contributed by atoms with Crippen LogP contribution in [0.4, 0.5) is 5.13 Å². The van der Waals surface area contributed by atoms with E-state index in [1.807, 2.05) is 6.92 Å². The molecule has 2 aromatic rings. The molecule has 172 valence electrons. The van der Waals surface area contributed by atoms with E-state index in [0.29, 0.717) is 18.4 Å². The van der Waals surface area contributed by atoms with Crippen LogP contribution in [0.2, 0.25) is 0 Å². The molecule has 2 aromatic heterocycles. The summed E-state index contributed by atoms with van der Waals surface area (Å²) in [4.78, 5) is 52.9. The Morgan fingerprint density at radius 1 is 1.39 bits per heavy atom. The summed E-state index contributed by atoms with van der Waals surface area (Å²) in [5, 5.41) is 17.9. The van der Waals surface area contributed by atoms with Gasteiger partial charge < -0.3 is 21.0 Å². The van der Waals surface area contributed by atoms with Gasteiger partial charge >= 0.3 is 5.97 Å². The number of nitrogen functional groups attached to an aromatic ring is 1. The van der Waals surface area contributed by atoms with E-state index in [1.54, 1.807) is 23.0 Å². The molecule has 2 aliphatic heterocycles. The zero-order chi connectivity index (χ0) is 23.7. The number of β-lactam (4-membered cyclic amide) rings is 1. The lowest BCUT2D eigenvalue weighted by molar-refractivity contribution is -0.155. The summed E-state index contributed by atoms with van der Waals surface area (Å²) in [6.45, 7) is 1.92. The van der Waals surface area contributed by atoms with Gasteiger partial charge in [-0.25, -0.2) is 14.8 Å². The highest BCUT2D eigenvalue weighted by atomic mass is 32.1. The lowest BCUT2D eigenvalue weighted by atomic mass is 9.83. The number of nitrogens with one attached hydrogen (secondary N) is 1. The largest absolute Gasteiger partial charge is 0.477 e. The van der Waals surface area contributed by atoms with Crippen LogP contribution in [0.5, 0.6) is 0 Å². The fraction of sp³-hybridized carbons (Fsp3) is 0.300. The summed E-state index contributed by atoms with van der Waals surface area (Å²) in [6.07, 6.45) is 4.37. The lowest BCUT2D eigenvalue weighted by Crippen LogP contribution is -2.72. The molecule has 0 radical (unpaired) electrons. The maximum Gasteiger partial charge on any atom is 0.352 e. The molecule has 2 amide bonds. The van der Waals surface area contributed by atoms with Crippen molar-refractivity contribution in [2.75, 3.05) is 12.8 Å². The van der Waals surface area contributed by atoms with Gasteiger partial charge in [-0.05, 0) is 31.4 Å². The van der Waals surface area contributed by atoms with E-state index >= 15 is 0 Å². The van der Waals surface area contributed by atoms with Crippen LogP contribution < -0.4 is 11.1 Å². The zero-order valence-electron chi connectivity index (χ0n) is 17.6. The van der Waals surface area contributed by atoms with Crippen LogP contribution in [0, 0.1) is 6.92 Å². The monoisotopic (exact) mass is 488 g/mol. The number of carbonyl (C=O) groups excluding carboxylic acids is 2. The van der Waals surface area contributed by atoms with Crippen LogP contribution in [0.1, 0.15) is 29.1 Å². The Balaban J connectivity index is 1.54. The van der Waals surface area contributed by atoms with Crippen LogP contribution in [-0.4, -0.2) is 62.7 Å². The number of rotatable bonds is 7. The number of allylic oxidation sites excluding steroid dienone is 2. The molecule has 1 saturated heterocycles. The van der Waals surface area contributed by atoms with Gasteiger partial charge in [0.2, 0.25) is 0 Å². The van der Waals surface area contributed by atoms with Gasteiger partial charge in [-0.1, -0.05) is 11.2 Å². The van der Waals surface area contributed by atoms with Gasteiger partial charge in [0, 0.05) is 10.3 Å². The standard InChI is InChI=1S/C20H20N6O5S2/c1-9-11(22-8-33-9)5-3-10-4-6-13-15(18(28)26(13)16(10)19(29)30)24-17(27)14(25-31-2)12-7-32-20(21)23-12/h3,5,7-8,13,15H,4,6H2,1-2H3,(H2,21,23)(H,24,27)(H,29,30)/b5-3-,25-14+/t13?,15-/m0/s1. The Kier molecular flexibility index (Phi) is 6.24. The van der Waals surface area contributed by atoms with Gasteiger partial charge in [-0.15, -0.1) is 22.7 Å². The number of fused-ring (bicyclic) bond motifs is 1. The number of aromatic nitrogens is 2. The van der Waals surface area contributed by atoms with E-state index in [2.05, 4.69) is 20.4 Å². The second-order valence-electron chi connectivity index (χ2n) is 7.26. The summed E-state index contributed by atoms with van der Waals surface area (Å²) < 4.78 is 0. The predicted octanol–water partition coefficient (Wildman–Crippen LogP) is 1.38. The van der Waals surface area contributed by atoms with E-state index in [9.17, 15) is 19.5 Å². The Hall–Kier alpha value is -3.58. The second-order valence-corrected chi connectivity index (χ2v) is 9.21. The van der Waals surface area contributed by atoms with Crippen LogP contribution >= 0.6 is 22.7 Å². The average molecular weight is 489 g/mol. The maximum atomic E-state index is 12.9. The third kappa shape index (κ3) is 4.24. The number of aryl methyl sites for hydroxylation is 1. The van der Waals surface area contributed by atoms with Crippen molar-refractivity contribution in [2.24, 2.45) is 5.16 Å². The van der Waals surface area contributed by atoms with Crippen LogP contribution in [0.25, 0.3) is 6.08 Å². The van der Waals surface area contributed by atoms with Gasteiger partial charge in [0.1, 0.15) is 24.5 Å². The Morgan fingerprint density at radius 3 is 2.79 bits per heavy atom. The topological polar surface area (TPSA) is 160 Å². The predicted molar refractivity (Wildman–Crippen MR) is 122 cm³/mol. The third-order valence-electron chi connectivity index (χ3n) is 5.35. The number of carbonyl (C=O) groups is 3. The number of aliphatic carboxylic acids is 1. The van der Waals surface area contributed by atoms with Gasteiger partial charge in [-0.2, -0.15) is 0 Å². The number of anilines is 1. The van der Waals surface area contributed by atoms with E-state index in [0.717, 1.165) is 21.9 Å². The van der Waals surface area contributed by atoms with Crippen LogP contribution in [-0.2, 0) is 19.2 Å². The number of nitrogens with two attached hydrogens (primary N) is 1. The van der Waals surface area contributed by atoms with E-state index in [1.165, 1.54) is 23.3 Å². The fourth-order valence-electron chi connectivity index (χ4n) is 3.81. The van der Waals surface area contributed by atoms with Crippen molar-refractivity contribution in [3.8, 4) is 0 Å². The van der Waals surface area contributed by atoms with Crippen molar-refractivity contribution in [2.45, 2.75) is 31.8 Å². The first-order valence-corrected chi connectivity index (χ1v) is 11.6. The molecule has 33 heavy (non-hydrogen) atoms. The number of hydrogen-bond donors (Lipinski definition) is 3. The molecule has 13 heteroatoms. The maximum absolute atomic E-state index is 12.9. The number of hydrogen-bond acceptors (Lipinski definition) is 10. The molecule has 11 nitrogen and oxygen atoms in total. The second kappa shape index (κ2) is 9.11. The van der Waals surface area contributed by atoms with Gasteiger partial charge in [0.15, 0.2) is 10.8 Å². The van der Waals surface area contributed by atoms with Crippen LogP contribution in [0.15, 0.2) is 33.4 Å². The normalized spacial score (nSPS) is 20.6. The van der Waals surface area contributed by atoms with Crippen molar-refractivity contribution in [1.82, 2.24) is 20.2 Å². The SMILES string of the molecule is CO/N=C(/C(=O)N[C@@H]1C(=O)N2C(C(=O)O)=C(/C=C\c3ncsc3C)CCC12)c1csc(N)n1. The highest BCUT2D eigenvalue weighted by Gasteiger charge is 2.53. The summed E-state index contributed by atoms with van der Waals surface area (Å²) in [5.41, 5.74) is 8.65. The minimum atomic E-state index is -1.20. The molecular formula is C20H20N6O5S2. The molecule has 1 fully saturated rings. The first-order chi connectivity index (χ1) is 15.8. The molecule has 4 heterocycles. The fourth-order valence-corrected chi connectivity index (χ4v) is 4.92. The minimum Gasteiger partial charge on any atom is -0.477 e. The summed E-state index contributed by atoms with van der Waals surface area (Å²) in [6, 6.07) is -1.36. The minimum absolute atomic E-state index is 0.0797. The molecule has 0 spiro atoms. The Bertz CT molecular complexity index is 1210. The molecule has 0 aliphatic carbocycles. The van der Waals surface area contributed by atoms with Crippen molar-refractivity contribution in [1.29, 1.82) is 0 Å².